The highest BCUT2D eigenvalue weighted by molar-refractivity contribution is 5.90. The molecule has 0 atom stereocenters. The highest BCUT2D eigenvalue weighted by Crippen LogP contribution is 2.18. The van der Waals surface area contributed by atoms with E-state index in [2.05, 4.69) is 10.6 Å². The Morgan fingerprint density at radius 3 is 2.40 bits per heavy atom. The Balaban J connectivity index is 1.87. The number of urea groups is 1. The van der Waals surface area contributed by atoms with Crippen LogP contribution in [0.25, 0.3) is 0 Å². The van der Waals surface area contributed by atoms with Crippen molar-refractivity contribution in [2.24, 2.45) is 0 Å². The molecule has 0 unspecified atom stereocenters. The fraction of sp³-hybridized carbons (Fsp3) is 0.263. The molecule has 0 saturated heterocycles. The van der Waals surface area contributed by atoms with Crippen LogP contribution in [0.4, 0.5) is 10.5 Å². The molecule has 0 radical (unpaired) electrons. The summed E-state index contributed by atoms with van der Waals surface area (Å²) in [7, 11) is 3.37. The predicted octanol–water partition coefficient (Wildman–Crippen LogP) is 2.87. The average molecular weight is 341 g/mol. The van der Waals surface area contributed by atoms with Crippen LogP contribution in [0.2, 0.25) is 0 Å². The average Bonchev–Trinajstić information content (AvgIpc) is 2.61. The van der Waals surface area contributed by atoms with Gasteiger partial charge in [-0.25, -0.2) is 4.79 Å². The largest absolute Gasteiger partial charge is 0.489 e. The number of rotatable bonds is 7. The van der Waals surface area contributed by atoms with E-state index in [1.165, 1.54) is 4.90 Å². The quantitative estimate of drug-likeness (QED) is 0.813. The Morgan fingerprint density at radius 1 is 1.00 bits per heavy atom. The maximum atomic E-state index is 12.0. The number of carbonyl (C=O) groups is 2. The van der Waals surface area contributed by atoms with Crippen LogP contribution in [0.3, 0.4) is 0 Å². The van der Waals surface area contributed by atoms with Crippen molar-refractivity contribution in [3.63, 3.8) is 0 Å². The molecule has 0 aliphatic rings. The van der Waals surface area contributed by atoms with Gasteiger partial charge in [0, 0.05) is 38.3 Å². The van der Waals surface area contributed by atoms with Gasteiger partial charge in [0.15, 0.2) is 0 Å². The molecule has 6 nitrogen and oxygen atoms in total. The van der Waals surface area contributed by atoms with Gasteiger partial charge in [-0.3, -0.25) is 4.79 Å². The molecule has 2 aromatic carbocycles. The number of benzene rings is 2. The summed E-state index contributed by atoms with van der Waals surface area (Å²) < 4.78 is 5.73. The van der Waals surface area contributed by atoms with Crippen molar-refractivity contribution in [3.8, 4) is 5.75 Å². The first-order valence-corrected chi connectivity index (χ1v) is 8.07. The molecule has 2 N–H and O–H groups in total. The normalized spacial score (nSPS) is 10.0. The molecule has 0 aliphatic carbocycles. The summed E-state index contributed by atoms with van der Waals surface area (Å²) in [6, 6.07) is 16.6. The summed E-state index contributed by atoms with van der Waals surface area (Å²) in [6.07, 6.45) is 0.263. The van der Waals surface area contributed by atoms with E-state index in [0.717, 1.165) is 11.3 Å². The zero-order valence-electron chi connectivity index (χ0n) is 14.5. The maximum Gasteiger partial charge on any atom is 0.319 e. The number of anilines is 1. The van der Waals surface area contributed by atoms with Crippen LogP contribution in [-0.2, 0) is 11.4 Å². The van der Waals surface area contributed by atoms with Crippen LogP contribution in [-0.4, -0.2) is 37.5 Å². The van der Waals surface area contributed by atoms with Crippen molar-refractivity contribution in [3.05, 3.63) is 60.2 Å². The summed E-state index contributed by atoms with van der Waals surface area (Å²) in [5, 5.41) is 5.47. The lowest BCUT2D eigenvalue weighted by molar-refractivity contribution is -0.128. The Labute approximate surface area is 147 Å². The molecule has 0 aliphatic heterocycles. The lowest BCUT2D eigenvalue weighted by Crippen LogP contribution is -2.33. The number of para-hydroxylation sites is 2. The molecule has 25 heavy (non-hydrogen) atoms. The van der Waals surface area contributed by atoms with Crippen molar-refractivity contribution < 1.29 is 14.3 Å². The minimum atomic E-state index is -0.348. The summed E-state index contributed by atoms with van der Waals surface area (Å²) in [4.78, 5) is 25.0. The monoisotopic (exact) mass is 341 g/mol. The summed E-state index contributed by atoms with van der Waals surface area (Å²) in [6.45, 7) is 0.630. The van der Waals surface area contributed by atoms with Crippen LogP contribution in [0.1, 0.15) is 12.0 Å². The van der Waals surface area contributed by atoms with E-state index in [-0.39, 0.29) is 24.9 Å². The smallest absolute Gasteiger partial charge is 0.319 e. The molecule has 2 aromatic rings. The molecule has 0 heterocycles. The molecule has 3 amide bonds. The van der Waals surface area contributed by atoms with Gasteiger partial charge >= 0.3 is 6.03 Å². The molecular weight excluding hydrogens is 318 g/mol. The van der Waals surface area contributed by atoms with E-state index in [4.69, 9.17) is 4.74 Å². The van der Waals surface area contributed by atoms with E-state index >= 15 is 0 Å². The van der Waals surface area contributed by atoms with Gasteiger partial charge in [0.2, 0.25) is 5.91 Å². The van der Waals surface area contributed by atoms with E-state index in [1.807, 2.05) is 54.6 Å². The number of ether oxygens (including phenoxy) is 1. The standard InChI is InChI=1S/C19H23N3O3/c1-22(2)18(23)12-13-20-19(24)21-17-11-7-6-8-15(17)14-25-16-9-4-3-5-10-16/h3-11H,12-14H2,1-2H3,(H2,20,21,24). The zero-order valence-corrected chi connectivity index (χ0v) is 14.5. The number of hydrogen-bond donors (Lipinski definition) is 2. The van der Waals surface area contributed by atoms with Gasteiger partial charge in [0.1, 0.15) is 12.4 Å². The lowest BCUT2D eigenvalue weighted by Gasteiger charge is -2.13. The third-order valence-corrected chi connectivity index (χ3v) is 3.53. The number of carbonyl (C=O) groups excluding carboxylic acids is 2. The second kappa shape index (κ2) is 9.32. The van der Waals surface area contributed by atoms with Gasteiger partial charge in [-0.05, 0) is 18.2 Å². The highest BCUT2D eigenvalue weighted by atomic mass is 16.5. The minimum Gasteiger partial charge on any atom is -0.489 e. The molecular formula is C19H23N3O3. The van der Waals surface area contributed by atoms with Crippen LogP contribution in [0.5, 0.6) is 5.75 Å². The van der Waals surface area contributed by atoms with Crippen molar-refractivity contribution in [2.75, 3.05) is 26.0 Å². The first-order valence-electron chi connectivity index (χ1n) is 8.07. The van der Waals surface area contributed by atoms with Crippen molar-refractivity contribution >= 4 is 17.6 Å². The van der Waals surface area contributed by atoms with Crippen molar-refractivity contribution in [2.45, 2.75) is 13.0 Å². The number of nitrogens with zero attached hydrogens (tertiary/aromatic N) is 1. The van der Waals surface area contributed by atoms with Crippen molar-refractivity contribution in [1.82, 2.24) is 10.2 Å². The number of nitrogens with one attached hydrogen (secondary N) is 2. The van der Waals surface area contributed by atoms with Crippen LogP contribution >= 0.6 is 0 Å². The Hall–Kier alpha value is -3.02. The maximum absolute atomic E-state index is 12.0. The SMILES string of the molecule is CN(C)C(=O)CCNC(=O)Nc1ccccc1COc1ccccc1. The zero-order chi connectivity index (χ0) is 18.1. The van der Waals surface area contributed by atoms with Gasteiger partial charge in [0.25, 0.3) is 0 Å². The van der Waals surface area contributed by atoms with Crippen LogP contribution in [0, 0.1) is 0 Å². The Morgan fingerprint density at radius 2 is 1.68 bits per heavy atom. The summed E-state index contributed by atoms with van der Waals surface area (Å²) >= 11 is 0. The third kappa shape index (κ3) is 6.18. The molecule has 132 valence electrons. The molecule has 0 aromatic heterocycles. The van der Waals surface area contributed by atoms with Gasteiger partial charge < -0.3 is 20.3 Å². The molecule has 2 rings (SSSR count). The predicted molar refractivity (Wildman–Crippen MR) is 97.5 cm³/mol. The second-order valence-corrected chi connectivity index (χ2v) is 5.68. The molecule has 0 bridgehead atoms. The van der Waals surface area contributed by atoms with Crippen molar-refractivity contribution in [1.29, 1.82) is 0 Å². The molecule has 0 spiro atoms. The van der Waals surface area contributed by atoms with Gasteiger partial charge in [-0.1, -0.05) is 36.4 Å². The minimum absolute atomic E-state index is 0.0306. The Kier molecular flexibility index (Phi) is 6.83. The second-order valence-electron chi connectivity index (χ2n) is 5.68. The fourth-order valence-corrected chi connectivity index (χ4v) is 2.12. The lowest BCUT2D eigenvalue weighted by atomic mass is 10.2. The molecule has 0 fully saturated rings. The number of amides is 3. The van der Waals surface area contributed by atoms with Gasteiger partial charge in [-0.2, -0.15) is 0 Å². The topological polar surface area (TPSA) is 70.7 Å². The first kappa shape index (κ1) is 18.3. The van der Waals surface area contributed by atoms with Gasteiger partial charge in [-0.15, -0.1) is 0 Å². The first-order chi connectivity index (χ1) is 12.1. The molecule has 6 heteroatoms. The summed E-state index contributed by atoms with van der Waals surface area (Å²) in [5.74, 6) is 0.737. The third-order valence-electron chi connectivity index (χ3n) is 3.53. The van der Waals surface area contributed by atoms with E-state index in [9.17, 15) is 9.59 Å². The van der Waals surface area contributed by atoms with Gasteiger partial charge in [0.05, 0.1) is 0 Å². The van der Waals surface area contributed by atoms with Crippen LogP contribution < -0.4 is 15.4 Å². The Bertz CT molecular complexity index is 702. The van der Waals surface area contributed by atoms with E-state index < -0.39 is 0 Å². The highest BCUT2D eigenvalue weighted by Gasteiger charge is 2.08. The van der Waals surface area contributed by atoms with E-state index in [1.54, 1.807) is 14.1 Å². The van der Waals surface area contributed by atoms with Crippen LogP contribution in [0.15, 0.2) is 54.6 Å². The summed E-state index contributed by atoms with van der Waals surface area (Å²) in [5.41, 5.74) is 1.54. The fourth-order valence-electron chi connectivity index (χ4n) is 2.12. The van der Waals surface area contributed by atoms with E-state index in [0.29, 0.717) is 12.3 Å². The molecule has 0 saturated carbocycles. The number of hydrogen-bond acceptors (Lipinski definition) is 3.